The van der Waals surface area contributed by atoms with Gasteiger partial charge in [0.1, 0.15) is 5.82 Å². The molecule has 2 aromatic carbocycles. The second-order valence-corrected chi connectivity index (χ2v) is 8.64. The minimum absolute atomic E-state index is 0.0757. The Morgan fingerprint density at radius 1 is 1.15 bits per heavy atom. The maximum Gasteiger partial charge on any atom is 0.240 e. The molecule has 1 fully saturated rings. The monoisotopic (exact) mass is 377 g/mol. The van der Waals surface area contributed by atoms with E-state index in [1.54, 1.807) is 0 Å². The van der Waals surface area contributed by atoms with E-state index in [2.05, 4.69) is 34.0 Å². The summed E-state index contributed by atoms with van der Waals surface area (Å²) < 4.78 is 40.1. The number of nitrogens with zero attached hydrogens (tertiary/aromatic N) is 1. The summed E-state index contributed by atoms with van der Waals surface area (Å²) >= 11 is 0. The van der Waals surface area contributed by atoms with Crippen molar-refractivity contribution in [1.29, 1.82) is 0 Å². The molecule has 1 saturated heterocycles. The molecule has 3 rings (SSSR count). The van der Waals surface area contributed by atoms with Crippen molar-refractivity contribution < 1.29 is 12.8 Å². The van der Waals surface area contributed by atoms with Crippen LogP contribution in [-0.4, -0.2) is 39.5 Å². The van der Waals surface area contributed by atoms with Gasteiger partial charge in [-0.1, -0.05) is 37.3 Å². The second-order valence-electron chi connectivity index (χ2n) is 6.76. The van der Waals surface area contributed by atoms with Crippen molar-refractivity contribution in [3.63, 3.8) is 0 Å². The molecule has 7 heteroatoms. The van der Waals surface area contributed by atoms with Gasteiger partial charge in [0, 0.05) is 25.7 Å². The Bertz CT molecular complexity index is 858. The highest BCUT2D eigenvalue weighted by atomic mass is 32.2. The molecule has 0 amide bonds. The Hall–Kier alpha value is -1.96. The number of halogens is 1. The zero-order valence-corrected chi connectivity index (χ0v) is 15.8. The van der Waals surface area contributed by atoms with E-state index in [4.69, 9.17) is 0 Å². The number of rotatable bonds is 6. The fourth-order valence-corrected chi connectivity index (χ4v) is 4.06. The maximum atomic E-state index is 14.4. The molecule has 0 aliphatic carbocycles. The molecule has 2 atom stereocenters. The third-order valence-corrected chi connectivity index (χ3v) is 6.21. The fourth-order valence-electron chi connectivity index (χ4n) is 3.32. The zero-order valence-electron chi connectivity index (χ0n) is 14.9. The van der Waals surface area contributed by atoms with Crippen LogP contribution in [0.4, 0.5) is 10.1 Å². The molecule has 0 spiro atoms. The molecular formula is C19H24FN3O2S. The summed E-state index contributed by atoms with van der Waals surface area (Å²) in [7, 11) is -2.34. The number of nitrogens with one attached hydrogen (secondary N) is 2. The Morgan fingerprint density at radius 3 is 2.54 bits per heavy atom. The summed E-state index contributed by atoms with van der Waals surface area (Å²) in [5.74, 6) is -0.200. The summed E-state index contributed by atoms with van der Waals surface area (Å²) in [6.45, 7) is 4.75. The van der Waals surface area contributed by atoms with Crippen LogP contribution in [0.5, 0.6) is 0 Å². The van der Waals surface area contributed by atoms with E-state index in [0.717, 1.165) is 25.7 Å². The van der Waals surface area contributed by atoms with Crippen LogP contribution >= 0.6 is 0 Å². The average Bonchev–Trinajstić information content (AvgIpc) is 2.96. The fraction of sp³-hybridized carbons (Fsp3) is 0.368. The van der Waals surface area contributed by atoms with Gasteiger partial charge in [0.05, 0.1) is 10.6 Å². The summed E-state index contributed by atoms with van der Waals surface area (Å²) in [5, 5.41) is 3.24. The first-order valence-electron chi connectivity index (χ1n) is 8.65. The lowest BCUT2D eigenvalue weighted by Gasteiger charge is -2.19. The van der Waals surface area contributed by atoms with E-state index in [1.165, 1.54) is 24.7 Å². The van der Waals surface area contributed by atoms with Crippen LogP contribution in [0.15, 0.2) is 53.4 Å². The van der Waals surface area contributed by atoms with Crippen molar-refractivity contribution in [2.24, 2.45) is 5.92 Å². The van der Waals surface area contributed by atoms with Crippen molar-refractivity contribution in [2.45, 2.75) is 24.4 Å². The maximum absolute atomic E-state index is 14.4. The number of sulfonamides is 1. The van der Waals surface area contributed by atoms with Gasteiger partial charge in [-0.3, -0.25) is 4.90 Å². The van der Waals surface area contributed by atoms with Crippen molar-refractivity contribution in [2.75, 3.05) is 25.5 Å². The van der Waals surface area contributed by atoms with Crippen LogP contribution in [0.1, 0.15) is 12.5 Å². The minimum atomic E-state index is -3.64. The lowest BCUT2D eigenvalue weighted by molar-refractivity contribution is 0.319. The van der Waals surface area contributed by atoms with E-state index in [-0.39, 0.29) is 10.9 Å². The van der Waals surface area contributed by atoms with Gasteiger partial charge in [0.2, 0.25) is 10.0 Å². The summed E-state index contributed by atoms with van der Waals surface area (Å²) in [6.07, 6.45) is 0. The minimum Gasteiger partial charge on any atom is -0.378 e. The van der Waals surface area contributed by atoms with Gasteiger partial charge in [0.25, 0.3) is 0 Å². The third kappa shape index (κ3) is 4.23. The quantitative estimate of drug-likeness (QED) is 0.813. The van der Waals surface area contributed by atoms with Gasteiger partial charge in [-0.05, 0) is 36.7 Å². The zero-order chi connectivity index (χ0) is 18.7. The van der Waals surface area contributed by atoms with Crippen LogP contribution < -0.4 is 10.0 Å². The van der Waals surface area contributed by atoms with Crippen LogP contribution in [-0.2, 0) is 16.6 Å². The Kier molecular flexibility index (Phi) is 5.60. The van der Waals surface area contributed by atoms with E-state index >= 15 is 0 Å². The number of hydrogen-bond donors (Lipinski definition) is 2. The predicted molar refractivity (Wildman–Crippen MR) is 101 cm³/mol. The highest BCUT2D eigenvalue weighted by Gasteiger charge is 2.30. The normalized spacial score (nSPS) is 21.0. The SMILES string of the molecule is CNS(=O)(=O)c1ccc(NC2CN(Cc3ccccc3)CC2C)c(F)c1. The van der Waals surface area contributed by atoms with E-state index in [0.29, 0.717) is 11.6 Å². The molecule has 5 nitrogen and oxygen atoms in total. The Balaban J connectivity index is 1.67. The third-order valence-electron chi connectivity index (χ3n) is 4.80. The van der Waals surface area contributed by atoms with E-state index < -0.39 is 15.8 Å². The van der Waals surface area contributed by atoms with Gasteiger partial charge < -0.3 is 5.32 Å². The van der Waals surface area contributed by atoms with Gasteiger partial charge >= 0.3 is 0 Å². The first kappa shape index (κ1) is 18.8. The van der Waals surface area contributed by atoms with Gasteiger partial charge in [-0.25, -0.2) is 17.5 Å². The summed E-state index contributed by atoms with van der Waals surface area (Å²) in [6, 6.07) is 14.3. The van der Waals surface area contributed by atoms with Crippen LogP contribution in [0.2, 0.25) is 0 Å². The lowest BCUT2D eigenvalue weighted by atomic mass is 10.1. The highest BCUT2D eigenvalue weighted by Crippen LogP contribution is 2.25. The first-order valence-corrected chi connectivity index (χ1v) is 10.1. The highest BCUT2D eigenvalue weighted by molar-refractivity contribution is 7.89. The van der Waals surface area contributed by atoms with Gasteiger partial charge in [-0.15, -0.1) is 0 Å². The first-order chi connectivity index (χ1) is 12.4. The molecule has 1 heterocycles. The standard InChI is InChI=1S/C19H24FN3O2S/c1-14-11-23(12-15-6-4-3-5-7-15)13-19(14)22-18-9-8-16(10-17(18)20)26(24,25)21-2/h3-10,14,19,21-22H,11-13H2,1-2H3. The van der Waals surface area contributed by atoms with E-state index in [1.807, 2.05) is 18.2 Å². The molecule has 1 aliphatic heterocycles. The molecule has 2 N–H and O–H groups in total. The van der Waals surface area contributed by atoms with Crippen molar-refractivity contribution >= 4 is 15.7 Å². The van der Waals surface area contributed by atoms with Crippen molar-refractivity contribution in [3.8, 4) is 0 Å². The molecule has 140 valence electrons. The summed E-state index contributed by atoms with van der Waals surface area (Å²) in [4.78, 5) is 2.27. The molecule has 0 radical (unpaired) electrons. The molecule has 2 unspecified atom stereocenters. The van der Waals surface area contributed by atoms with Crippen LogP contribution in [0.25, 0.3) is 0 Å². The number of hydrogen-bond acceptors (Lipinski definition) is 4. The number of likely N-dealkylation sites (tertiary alicyclic amines) is 1. The van der Waals surface area contributed by atoms with Gasteiger partial charge in [-0.2, -0.15) is 0 Å². The molecule has 0 aromatic heterocycles. The van der Waals surface area contributed by atoms with Gasteiger partial charge in [0.15, 0.2) is 0 Å². The molecule has 0 saturated carbocycles. The van der Waals surface area contributed by atoms with E-state index in [9.17, 15) is 12.8 Å². The number of anilines is 1. The Labute approximate surface area is 154 Å². The van der Waals surface area contributed by atoms with Crippen LogP contribution in [0, 0.1) is 11.7 Å². The molecule has 26 heavy (non-hydrogen) atoms. The van der Waals surface area contributed by atoms with Crippen molar-refractivity contribution in [1.82, 2.24) is 9.62 Å². The summed E-state index contributed by atoms with van der Waals surface area (Å²) in [5.41, 5.74) is 1.59. The largest absolute Gasteiger partial charge is 0.378 e. The molecule has 0 bridgehead atoms. The topological polar surface area (TPSA) is 61.4 Å². The second kappa shape index (κ2) is 7.73. The molecule has 2 aromatic rings. The lowest BCUT2D eigenvalue weighted by Crippen LogP contribution is -2.28. The Morgan fingerprint density at radius 2 is 1.88 bits per heavy atom. The van der Waals surface area contributed by atoms with Crippen molar-refractivity contribution in [3.05, 3.63) is 59.9 Å². The average molecular weight is 377 g/mol. The smallest absolute Gasteiger partial charge is 0.240 e. The molecule has 1 aliphatic rings. The number of benzene rings is 2. The van der Waals surface area contributed by atoms with Crippen LogP contribution in [0.3, 0.4) is 0 Å². The molecular weight excluding hydrogens is 353 g/mol. The predicted octanol–water partition coefficient (Wildman–Crippen LogP) is 2.67.